The highest BCUT2D eigenvalue weighted by molar-refractivity contribution is 6.32. The largest absolute Gasteiger partial charge is 0.507 e. The Balaban J connectivity index is 1.97. The summed E-state index contributed by atoms with van der Waals surface area (Å²) in [5, 5.41) is 23.6. The molecule has 2 aromatic rings. The number of phenols is 2. The molecular weight excluding hydrogens is 380 g/mol. The zero-order chi connectivity index (χ0) is 20.7. The van der Waals surface area contributed by atoms with Gasteiger partial charge in [0.15, 0.2) is 0 Å². The van der Waals surface area contributed by atoms with Crippen molar-refractivity contribution in [1.29, 1.82) is 0 Å². The lowest BCUT2D eigenvalue weighted by Gasteiger charge is -2.17. The summed E-state index contributed by atoms with van der Waals surface area (Å²) in [7, 11) is 0. The molecule has 0 fully saturated rings. The average Bonchev–Trinajstić information content (AvgIpc) is 2.66. The van der Waals surface area contributed by atoms with Crippen LogP contribution in [-0.2, 0) is 11.3 Å². The van der Waals surface area contributed by atoms with E-state index in [1.807, 2.05) is 26.8 Å². The first kappa shape index (κ1) is 21.9. The number of aromatic hydroxyl groups is 2. The zero-order valence-corrected chi connectivity index (χ0v) is 17.2. The molecule has 2 aromatic carbocycles. The molecule has 0 aliphatic rings. The van der Waals surface area contributed by atoms with Crippen LogP contribution in [0.4, 0.5) is 5.69 Å². The highest BCUT2D eigenvalue weighted by atomic mass is 35.5. The fraction of sp³-hybridized carbons (Fsp3) is 0.381. The number of carbonyl (C=O) groups is 1. The molecule has 0 saturated carbocycles. The summed E-state index contributed by atoms with van der Waals surface area (Å²) in [4.78, 5) is 14.3. The van der Waals surface area contributed by atoms with E-state index in [0.29, 0.717) is 29.4 Å². The van der Waals surface area contributed by atoms with Crippen molar-refractivity contribution < 1.29 is 19.7 Å². The number of nitrogens with zero attached hydrogens (tertiary/aromatic N) is 1. The van der Waals surface area contributed by atoms with Crippen molar-refractivity contribution in [2.45, 2.75) is 27.3 Å². The fourth-order valence-electron chi connectivity index (χ4n) is 2.84. The van der Waals surface area contributed by atoms with Crippen molar-refractivity contribution in [2.75, 3.05) is 31.6 Å². The Morgan fingerprint density at radius 1 is 1.18 bits per heavy atom. The number of halogens is 1. The predicted octanol–water partition coefficient (Wildman–Crippen LogP) is 4.17. The van der Waals surface area contributed by atoms with Gasteiger partial charge in [-0.05, 0) is 43.8 Å². The molecule has 0 saturated heterocycles. The van der Waals surface area contributed by atoms with E-state index in [0.717, 1.165) is 18.7 Å². The summed E-state index contributed by atoms with van der Waals surface area (Å²) in [6.07, 6.45) is 0. The molecule has 7 heteroatoms. The third kappa shape index (κ3) is 5.78. The fourth-order valence-corrected chi connectivity index (χ4v) is 3.13. The van der Waals surface area contributed by atoms with Crippen molar-refractivity contribution in [3.8, 4) is 11.5 Å². The number of aryl methyl sites for hydroxylation is 1. The van der Waals surface area contributed by atoms with Crippen molar-refractivity contribution >= 4 is 23.3 Å². The number of nitrogens with one attached hydrogen (secondary N) is 1. The number of hydrogen-bond donors (Lipinski definition) is 3. The van der Waals surface area contributed by atoms with Gasteiger partial charge in [0.1, 0.15) is 23.7 Å². The topological polar surface area (TPSA) is 82.0 Å². The maximum absolute atomic E-state index is 12.2. The Labute approximate surface area is 170 Å². The lowest BCUT2D eigenvalue weighted by Crippen LogP contribution is -2.27. The molecule has 0 spiro atoms. The molecule has 0 aliphatic heterocycles. The number of ether oxygens (including phenoxy) is 1. The van der Waals surface area contributed by atoms with Gasteiger partial charge in [0.05, 0.1) is 5.02 Å². The summed E-state index contributed by atoms with van der Waals surface area (Å²) in [6.45, 7) is 9.01. The molecule has 0 radical (unpaired) electrons. The molecule has 0 aliphatic carbocycles. The highest BCUT2D eigenvalue weighted by Gasteiger charge is 2.14. The van der Waals surface area contributed by atoms with E-state index in [9.17, 15) is 15.0 Å². The number of phenolic OH excluding ortho intramolecular Hbond substituents is 2. The van der Waals surface area contributed by atoms with Crippen molar-refractivity contribution in [3.05, 3.63) is 52.0 Å². The second kappa shape index (κ2) is 10.2. The first-order valence-electron chi connectivity index (χ1n) is 9.30. The molecule has 152 valence electrons. The van der Waals surface area contributed by atoms with Gasteiger partial charge in [-0.25, -0.2) is 4.79 Å². The van der Waals surface area contributed by atoms with E-state index in [2.05, 4.69) is 10.2 Å². The molecule has 6 nitrogen and oxygen atoms in total. The Hall–Kier alpha value is -2.44. The first-order chi connectivity index (χ1) is 13.3. The van der Waals surface area contributed by atoms with E-state index in [1.54, 1.807) is 12.1 Å². The quantitative estimate of drug-likeness (QED) is 0.542. The van der Waals surface area contributed by atoms with Gasteiger partial charge in [-0.2, -0.15) is 0 Å². The van der Waals surface area contributed by atoms with Crippen LogP contribution >= 0.6 is 11.6 Å². The van der Waals surface area contributed by atoms with Crippen molar-refractivity contribution in [1.82, 2.24) is 4.90 Å². The molecule has 0 aromatic heterocycles. The molecule has 0 atom stereocenters. The van der Waals surface area contributed by atoms with Crippen LogP contribution in [0.3, 0.4) is 0 Å². The average molecular weight is 407 g/mol. The Bertz CT molecular complexity index is 822. The molecule has 0 unspecified atom stereocenters. The van der Waals surface area contributed by atoms with Crippen LogP contribution in [0.25, 0.3) is 0 Å². The van der Waals surface area contributed by atoms with Gasteiger partial charge in [-0.3, -0.25) is 0 Å². The van der Waals surface area contributed by atoms with Crippen LogP contribution in [-0.4, -0.2) is 47.3 Å². The summed E-state index contributed by atoms with van der Waals surface area (Å²) in [6, 6.07) is 8.16. The van der Waals surface area contributed by atoms with E-state index >= 15 is 0 Å². The lowest BCUT2D eigenvalue weighted by molar-refractivity contribution is 0.0463. The van der Waals surface area contributed by atoms with Gasteiger partial charge in [0.2, 0.25) is 0 Å². The van der Waals surface area contributed by atoms with Gasteiger partial charge in [-0.1, -0.05) is 31.5 Å². The SMILES string of the molecule is CCN(CC)CCOC(=O)c1ccc(NCc2cc(C)cc(Cl)c2O)cc1O. The van der Waals surface area contributed by atoms with Gasteiger partial charge < -0.3 is 25.2 Å². The maximum atomic E-state index is 12.2. The summed E-state index contributed by atoms with van der Waals surface area (Å²) < 4.78 is 5.25. The monoisotopic (exact) mass is 406 g/mol. The molecule has 28 heavy (non-hydrogen) atoms. The number of anilines is 1. The number of likely N-dealkylation sites (N-methyl/N-ethyl adjacent to an activating group) is 1. The number of benzene rings is 2. The Morgan fingerprint density at radius 3 is 2.54 bits per heavy atom. The highest BCUT2D eigenvalue weighted by Crippen LogP contribution is 2.30. The van der Waals surface area contributed by atoms with Crippen LogP contribution in [0.5, 0.6) is 11.5 Å². The van der Waals surface area contributed by atoms with Crippen LogP contribution in [0.15, 0.2) is 30.3 Å². The lowest BCUT2D eigenvalue weighted by atomic mass is 10.1. The van der Waals surface area contributed by atoms with Crippen LogP contribution in [0.2, 0.25) is 5.02 Å². The molecule has 2 rings (SSSR count). The van der Waals surface area contributed by atoms with Gasteiger partial charge in [0.25, 0.3) is 0 Å². The summed E-state index contributed by atoms with van der Waals surface area (Å²) in [5.41, 5.74) is 2.30. The van der Waals surface area contributed by atoms with E-state index < -0.39 is 5.97 Å². The minimum absolute atomic E-state index is 0.0254. The molecule has 0 amide bonds. The van der Waals surface area contributed by atoms with Gasteiger partial charge in [0, 0.05) is 30.4 Å². The molecule has 3 N–H and O–H groups in total. The Kier molecular flexibility index (Phi) is 7.96. The van der Waals surface area contributed by atoms with Crippen molar-refractivity contribution in [2.24, 2.45) is 0 Å². The minimum atomic E-state index is -0.556. The van der Waals surface area contributed by atoms with Crippen LogP contribution in [0, 0.1) is 6.92 Å². The van der Waals surface area contributed by atoms with E-state index in [4.69, 9.17) is 16.3 Å². The second-order valence-corrected chi connectivity index (χ2v) is 6.91. The number of carbonyl (C=O) groups excluding carboxylic acids is 1. The van der Waals surface area contributed by atoms with E-state index in [1.165, 1.54) is 12.1 Å². The second-order valence-electron chi connectivity index (χ2n) is 6.50. The third-order valence-electron chi connectivity index (χ3n) is 4.52. The maximum Gasteiger partial charge on any atom is 0.341 e. The summed E-state index contributed by atoms with van der Waals surface area (Å²) in [5.74, 6) is -0.693. The number of rotatable bonds is 9. The molecule has 0 bridgehead atoms. The molecule has 0 heterocycles. The number of hydrogen-bond acceptors (Lipinski definition) is 6. The van der Waals surface area contributed by atoms with E-state index in [-0.39, 0.29) is 23.7 Å². The zero-order valence-electron chi connectivity index (χ0n) is 16.5. The standard InChI is InChI=1S/C21H27ClN2O4/c1-4-24(5-2)8-9-28-21(27)17-7-6-16(12-19(17)25)23-13-15-10-14(3)11-18(22)20(15)26/h6-7,10-12,23,25-26H,4-5,8-9,13H2,1-3H3. The number of esters is 1. The first-order valence-corrected chi connectivity index (χ1v) is 9.67. The van der Waals surface area contributed by atoms with Crippen molar-refractivity contribution in [3.63, 3.8) is 0 Å². The van der Waals surface area contributed by atoms with Gasteiger partial charge >= 0.3 is 5.97 Å². The third-order valence-corrected chi connectivity index (χ3v) is 4.81. The minimum Gasteiger partial charge on any atom is -0.507 e. The molecular formula is C21H27ClN2O4. The van der Waals surface area contributed by atoms with Crippen LogP contribution in [0.1, 0.15) is 35.3 Å². The normalized spacial score (nSPS) is 10.9. The van der Waals surface area contributed by atoms with Gasteiger partial charge in [-0.15, -0.1) is 0 Å². The smallest absolute Gasteiger partial charge is 0.341 e. The Morgan fingerprint density at radius 2 is 1.89 bits per heavy atom. The predicted molar refractivity (Wildman–Crippen MR) is 111 cm³/mol. The summed E-state index contributed by atoms with van der Waals surface area (Å²) >= 11 is 5.99. The van der Waals surface area contributed by atoms with Crippen LogP contribution < -0.4 is 5.32 Å².